The van der Waals surface area contributed by atoms with Crippen molar-refractivity contribution in [2.24, 2.45) is 0 Å². The van der Waals surface area contributed by atoms with Crippen molar-refractivity contribution < 1.29 is 9.59 Å². The molecule has 1 aromatic heterocycles. The van der Waals surface area contributed by atoms with E-state index in [1.165, 1.54) is 0 Å². The summed E-state index contributed by atoms with van der Waals surface area (Å²) in [7, 11) is 0. The molecule has 1 N–H and O–H groups in total. The summed E-state index contributed by atoms with van der Waals surface area (Å²) in [5.41, 5.74) is 1.29. The summed E-state index contributed by atoms with van der Waals surface area (Å²) in [5, 5.41) is 7.04. The van der Waals surface area contributed by atoms with Crippen LogP contribution in [0.15, 0.2) is 42.7 Å². The van der Waals surface area contributed by atoms with E-state index in [9.17, 15) is 9.59 Å². The van der Waals surface area contributed by atoms with Crippen molar-refractivity contribution >= 4 is 17.5 Å². The summed E-state index contributed by atoms with van der Waals surface area (Å²) >= 11 is 0. The largest absolute Gasteiger partial charge is 0.327 e. The molecule has 1 saturated heterocycles. The highest BCUT2D eigenvalue weighted by molar-refractivity contribution is 6.01. The summed E-state index contributed by atoms with van der Waals surface area (Å²) in [6.45, 7) is 3.35. The van der Waals surface area contributed by atoms with Crippen LogP contribution in [0.4, 0.5) is 5.69 Å². The molecule has 1 aliphatic rings. The number of benzene rings is 1. The Morgan fingerprint density at radius 2 is 2.04 bits per heavy atom. The van der Waals surface area contributed by atoms with Crippen LogP contribution in [-0.2, 0) is 11.3 Å². The fraction of sp³-hybridized carbons (Fsp3) is 0.389. The number of piperidine rings is 1. The van der Waals surface area contributed by atoms with Gasteiger partial charge >= 0.3 is 0 Å². The highest BCUT2D eigenvalue weighted by atomic mass is 16.2. The molecule has 1 atom stereocenters. The molecule has 2 heterocycles. The minimum Gasteiger partial charge on any atom is -0.327 e. The summed E-state index contributed by atoms with van der Waals surface area (Å²) in [6, 6.07) is 8.70. The molecule has 0 aliphatic carbocycles. The maximum atomic E-state index is 12.7. The van der Waals surface area contributed by atoms with Crippen LogP contribution in [0, 0.1) is 0 Å². The number of hydrogen-bond acceptors (Lipinski definition) is 3. The van der Waals surface area contributed by atoms with Crippen molar-refractivity contribution in [2.75, 3.05) is 11.9 Å². The quantitative estimate of drug-likeness (QED) is 0.939. The number of nitrogens with one attached hydrogen (secondary N) is 1. The summed E-state index contributed by atoms with van der Waals surface area (Å²) in [5.74, 6) is -0.227. The Morgan fingerprint density at radius 1 is 1.25 bits per heavy atom. The average Bonchev–Trinajstić information content (AvgIpc) is 3.09. The second-order valence-corrected chi connectivity index (χ2v) is 5.95. The Kier molecular flexibility index (Phi) is 4.93. The number of nitrogens with zero attached hydrogens (tertiary/aromatic N) is 3. The maximum absolute atomic E-state index is 12.7. The molecule has 126 valence electrons. The first-order chi connectivity index (χ1) is 11.7. The molecule has 3 rings (SSSR count). The summed E-state index contributed by atoms with van der Waals surface area (Å²) < 4.78 is 1.75. The molecule has 24 heavy (non-hydrogen) atoms. The van der Waals surface area contributed by atoms with Crippen molar-refractivity contribution in [3.63, 3.8) is 0 Å². The number of anilines is 1. The number of carbonyl (C=O) groups is 2. The van der Waals surface area contributed by atoms with Crippen molar-refractivity contribution in [1.29, 1.82) is 0 Å². The van der Waals surface area contributed by atoms with Crippen molar-refractivity contribution in [2.45, 2.75) is 38.8 Å². The lowest BCUT2D eigenvalue weighted by Gasteiger charge is -2.34. The van der Waals surface area contributed by atoms with Crippen LogP contribution in [-0.4, -0.2) is 39.1 Å². The standard InChI is InChI=1S/C18H22N4O2/c1-2-21-13-15(12-19-21)20-17(23)16-10-6-7-11-22(16)18(24)14-8-4-3-5-9-14/h3-5,8-9,12-13,16H,2,6-7,10-11H2,1H3,(H,20,23). The second kappa shape index (κ2) is 7.29. The van der Waals surface area contributed by atoms with Gasteiger partial charge in [0.15, 0.2) is 0 Å². The Labute approximate surface area is 141 Å². The first kappa shape index (κ1) is 16.2. The lowest BCUT2D eigenvalue weighted by atomic mass is 10.00. The number of amides is 2. The molecule has 1 fully saturated rings. The van der Waals surface area contributed by atoms with Crippen LogP contribution in [0.5, 0.6) is 0 Å². The molecule has 1 unspecified atom stereocenters. The van der Waals surface area contributed by atoms with Gasteiger partial charge in [-0.2, -0.15) is 5.10 Å². The van der Waals surface area contributed by atoms with Gasteiger partial charge in [0.25, 0.3) is 5.91 Å². The Morgan fingerprint density at radius 3 is 2.75 bits per heavy atom. The van der Waals surface area contributed by atoms with Gasteiger partial charge in [-0.15, -0.1) is 0 Å². The Hall–Kier alpha value is -2.63. The lowest BCUT2D eigenvalue weighted by molar-refractivity contribution is -0.121. The predicted octanol–water partition coefficient (Wildman–Crippen LogP) is 2.54. The molecule has 2 aromatic rings. The molecule has 0 radical (unpaired) electrons. The molecular weight excluding hydrogens is 304 g/mol. The maximum Gasteiger partial charge on any atom is 0.254 e. The van der Waals surface area contributed by atoms with Gasteiger partial charge in [0.05, 0.1) is 11.9 Å². The van der Waals surface area contributed by atoms with Gasteiger partial charge in [-0.1, -0.05) is 18.2 Å². The molecular formula is C18H22N4O2. The van der Waals surface area contributed by atoms with Crippen molar-refractivity contribution in [3.8, 4) is 0 Å². The van der Waals surface area contributed by atoms with Crippen LogP contribution >= 0.6 is 0 Å². The fourth-order valence-electron chi connectivity index (χ4n) is 3.02. The van der Waals surface area contributed by atoms with Gasteiger partial charge in [0, 0.05) is 24.8 Å². The van der Waals surface area contributed by atoms with Gasteiger partial charge in [-0.25, -0.2) is 0 Å². The molecule has 1 aromatic carbocycles. The van der Waals surface area contributed by atoms with Gasteiger partial charge in [0.1, 0.15) is 6.04 Å². The van der Waals surface area contributed by atoms with E-state index in [1.807, 2.05) is 25.1 Å². The number of aryl methyl sites for hydroxylation is 1. The van der Waals surface area contributed by atoms with Gasteiger partial charge in [0.2, 0.25) is 5.91 Å². The topological polar surface area (TPSA) is 67.2 Å². The molecule has 1 aliphatic heterocycles. The average molecular weight is 326 g/mol. The smallest absolute Gasteiger partial charge is 0.254 e. The van der Waals surface area contributed by atoms with E-state index in [-0.39, 0.29) is 11.8 Å². The van der Waals surface area contributed by atoms with Crippen LogP contribution in [0.1, 0.15) is 36.5 Å². The molecule has 6 nitrogen and oxygen atoms in total. The Balaban J connectivity index is 1.74. The predicted molar refractivity (Wildman–Crippen MR) is 91.6 cm³/mol. The van der Waals surface area contributed by atoms with Crippen molar-refractivity contribution in [1.82, 2.24) is 14.7 Å². The molecule has 2 amide bonds. The van der Waals surface area contributed by atoms with E-state index in [1.54, 1.807) is 34.1 Å². The van der Waals surface area contributed by atoms with Crippen LogP contribution < -0.4 is 5.32 Å². The fourth-order valence-corrected chi connectivity index (χ4v) is 3.02. The third-order valence-electron chi connectivity index (χ3n) is 4.31. The first-order valence-electron chi connectivity index (χ1n) is 8.38. The first-order valence-corrected chi connectivity index (χ1v) is 8.38. The summed E-state index contributed by atoms with van der Waals surface area (Å²) in [4.78, 5) is 27.1. The minimum absolute atomic E-state index is 0.0836. The zero-order chi connectivity index (χ0) is 16.9. The lowest BCUT2D eigenvalue weighted by Crippen LogP contribution is -2.50. The van der Waals surface area contributed by atoms with E-state index in [2.05, 4.69) is 10.4 Å². The molecule has 0 bridgehead atoms. The van der Waals surface area contributed by atoms with E-state index in [0.717, 1.165) is 19.4 Å². The van der Waals surface area contributed by atoms with Crippen LogP contribution in [0.2, 0.25) is 0 Å². The third kappa shape index (κ3) is 3.48. The normalized spacial score (nSPS) is 17.5. The number of likely N-dealkylation sites (tertiary alicyclic amines) is 1. The monoisotopic (exact) mass is 326 g/mol. The minimum atomic E-state index is -0.434. The SMILES string of the molecule is CCn1cc(NC(=O)C2CCCCN2C(=O)c2ccccc2)cn1. The van der Waals surface area contributed by atoms with E-state index in [4.69, 9.17) is 0 Å². The van der Waals surface area contributed by atoms with Gasteiger partial charge in [-0.05, 0) is 38.3 Å². The zero-order valence-corrected chi connectivity index (χ0v) is 13.8. The molecule has 6 heteroatoms. The summed E-state index contributed by atoms with van der Waals surface area (Å²) in [6.07, 6.45) is 5.99. The van der Waals surface area contributed by atoms with E-state index < -0.39 is 6.04 Å². The van der Waals surface area contributed by atoms with E-state index >= 15 is 0 Å². The number of aromatic nitrogens is 2. The zero-order valence-electron chi connectivity index (χ0n) is 13.8. The highest BCUT2D eigenvalue weighted by Crippen LogP contribution is 2.21. The van der Waals surface area contributed by atoms with Crippen molar-refractivity contribution in [3.05, 3.63) is 48.3 Å². The Bertz CT molecular complexity index is 711. The second-order valence-electron chi connectivity index (χ2n) is 5.95. The van der Waals surface area contributed by atoms with Crippen LogP contribution in [0.3, 0.4) is 0 Å². The molecule has 0 spiro atoms. The van der Waals surface area contributed by atoms with Crippen LogP contribution in [0.25, 0.3) is 0 Å². The number of carbonyl (C=O) groups excluding carboxylic acids is 2. The number of rotatable bonds is 4. The third-order valence-corrected chi connectivity index (χ3v) is 4.31. The van der Waals surface area contributed by atoms with Gasteiger partial charge in [-0.3, -0.25) is 14.3 Å². The molecule has 0 saturated carbocycles. The van der Waals surface area contributed by atoms with E-state index in [0.29, 0.717) is 24.2 Å². The highest BCUT2D eigenvalue weighted by Gasteiger charge is 2.32. The van der Waals surface area contributed by atoms with Gasteiger partial charge < -0.3 is 10.2 Å². The number of hydrogen-bond donors (Lipinski definition) is 1.